The van der Waals surface area contributed by atoms with E-state index in [-0.39, 0.29) is 34.0 Å². The van der Waals surface area contributed by atoms with Crippen molar-refractivity contribution in [3.63, 3.8) is 0 Å². The summed E-state index contributed by atoms with van der Waals surface area (Å²) in [5, 5.41) is 11.4. The van der Waals surface area contributed by atoms with Crippen LogP contribution < -0.4 is 15.6 Å². The fourth-order valence-electron chi connectivity index (χ4n) is 4.78. The van der Waals surface area contributed by atoms with Crippen LogP contribution in [0.4, 0.5) is 20.3 Å². The average molecular weight is 657 g/mol. The zero-order chi connectivity index (χ0) is 32.8. The van der Waals surface area contributed by atoms with Crippen molar-refractivity contribution in [3.05, 3.63) is 115 Å². The van der Waals surface area contributed by atoms with E-state index in [4.69, 9.17) is 0 Å². The molecule has 234 valence electrons. The molecular formula is C29H26F2N6O6S2. The van der Waals surface area contributed by atoms with E-state index in [1.807, 2.05) is 0 Å². The Balaban J connectivity index is 1.84. The van der Waals surface area contributed by atoms with Crippen molar-refractivity contribution in [3.8, 4) is 16.1 Å². The molecular weight excluding hydrogens is 630 g/mol. The summed E-state index contributed by atoms with van der Waals surface area (Å²) in [6, 6.07) is 11.7. The second-order valence-corrected chi connectivity index (χ2v) is 13.5. The van der Waals surface area contributed by atoms with E-state index in [9.17, 15) is 36.9 Å². The van der Waals surface area contributed by atoms with Crippen molar-refractivity contribution < 1.29 is 22.1 Å². The van der Waals surface area contributed by atoms with Gasteiger partial charge in [-0.05, 0) is 61.6 Å². The first kappa shape index (κ1) is 31.6. The van der Waals surface area contributed by atoms with E-state index in [0.717, 1.165) is 49.4 Å². The second-order valence-electron chi connectivity index (χ2n) is 10.4. The van der Waals surface area contributed by atoms with Gasteiger partial charge in [-0.15, -0.1) is 11.3 Å². The highest BCUT2D eigenvalue weighted by molar-refractivity contribution is 7.92. The Hall–Kier alpha value is -4.80. The first-order chi connectivity index (χ1) is 21.2. The van der Waals surface area contributed by atoms with E-state index in [1.54, 1.807) is 19.0 Å². The van der Waals surface area contributed by atoms with Gasteiger partial charge in [0.25, 0.3) is 11.2 Å². The molecule has 0 bridgehead atoms. The summed E-state index contributed by atoms with van der Waals surface area (Å²) in [4.78, 5) is 45.6. The number of thiophene rings is 1. The van der Waals surface area contributed by atoms with Crippen LogP contribution in [0.25, 0.3) is 26.3 Å². The predicted molar refractivity (Wildman–Crippen MR) is 168 cm³/mol. The van der Waals surface area contributed by atoms with Gasteiger partial charge in [0.05, 0.1) is 35.0 Å². The molecule has 0 saturated carbocycles. The largest absolute Gasteiger partial charge is 0.337 e. The standard InChI is InChI=1S/C29H26F2N6O6S2/c1-33(2)15-21-25-27(38)36(19-12-13-24(32-14-19)34(3)45(4,42)43)29(39)35(16-20-22(30)6-5-7-23(20)31)28(25)44-26(21)17-8-10-18(11-9-17)37(40)41/h5-14H,15-16H2,1-4H3. The molecule has 0 aliphatic rings. The lowest BCUT2D eigenvalue weighted by molar-refractivity contribution is -0.384. The summed E-state index contributed by atoms with van der Waals surface area (Å²) in [6.07, 6.45) is 2.15. The summed E-state index contributed by atoms with van der Waals surface area (Å²) in [5.74, 6) is -1.74. The zero-order valence-electron chi connectivity index (χ0n) is 24.4. The quantitative estimate of drug-likeness (QED) is 0.172. The lowest BCUT2D eigenvalue weighted by atomic mass is 10.1. The summed E-state index contributed by atoms with van der Waals surface area (Å²) in [7, 11) is 1.19. The van der Waals surface area contributed by atoms with Gasteiger partial charge in [0.2, 0.25) is 10.0 Å². The fraction of sp³-hybridized carbons (Fsp3) is 0.207. The van der Waals surface area contributed by atoms with Crippen molar-refractivity contribution >= 4 is 43.1 Å². The molecule has 3 heterocycles. The molecule has 0 aliphatic heterocycles. The molecule has 0 aliphatic carbocycles. The molecule has 12 nitrogen and oxygen atoms in total. The predicted octanol–water partition coefficient (Wildman–Crippen LogP) is 3.97. The lowest BCUT2D eigenvalue weighted by Crippen LogP contribution is -2.39. The molecule has 5 aromatic rings. The smallest absolute Gasteiger partial charge is 0.305 e. The average Bonchev–Trinajstić information content (AvgIpc) is 3.34. The molecule has 0 amide bonds. The Labute approximate surface area is 259 Å². The third-order valence-electron chi connectivity index (χ3n) is 7.08. The summed E-state index contributed by atoms with van der Waals surface area (Å²) in [6.45, 7) is -0.345. The summed E-state index contributed by atoms with van der Waals surface area (Å²) < 4.78 is 56.6. The van der Waals surface area contributed by atoms with Crippen LogP contribution in [0.3, 0.4) is 0 Å². The van der Waals surface area contributed by atoms with Crippen LogP contribution in [0, 0.1) is 21.7 Å². The second kappa shape index (κ2) is 11.9. The van der Waals surface area contributed by atoms with Gasteiger partial charge in [0.1, 0.15) is 22.3 Å². The maximum Gasteiger partial charge on any atom is 0.337 e. The first-order valence-corrected chi connectivity index (χ1v) is 15.9. The number of non-ortho nitro benzene ring substituents is 1. The van der Waals surface area contributed by atoms with E-state index in [0.29, 0.717) is 16.0 Å². The Bertz CT molecular complexity index is 2160. The first-order valence-electron chi connectivity index (χ1n) is 13.2. The number of nitro groups is 1. The highest BCUT2D eigenvalue weighted by Crippen LogP contribution is 2.38. The molecule has 0 radical (unpaired) electrons. The van der Waals surface area contributed by atoms with Crippen LogP contribution in [0.15, 0.2) is 70.4 Å². The lowest BCUT2D eigenvalue weighted by Gasteiger charge is -2.17. The van der Waals surface area contributed by atoms with E-state index in [2.05, 4.69) is 4.98 Å². The zero-order valence-corrected chi connectivity index (χ0v) is 26.0. The van der Waals surface area contributed by atoms with Gasteiger partial charge in [0.15, 0.2) is 0 Å². The highest BCUT2D eigenvalue weighted by atomic mass is 32.2. The molecule has 2 aromatic carbocycles. The molecule has 45 heavy (non-hydrogen) atoms. The highest BCUT2D eigenvalue weighted by Gasteiger charge is 2.26. The van der Waals surface area contributed by atoms with E-state index >= 15 is 0 Å². The molecule has 0 unspecified atom stereocenters. The SMILES string of the molecule is CN(C)Cc1c(-c2ccc([N+](=O)[O-])cc2)sc2c1c(=O)n(-c1ccc(N(C)S(C)(=O)=O)nc1)c(=O)n2Cc1c(F)cccc1F. The normalized spacial score (nSPS) is 11.8. The van der Waals surface area contributed by atoms with Gasteiger partial charge in [-0.3, -0.25) is 23.8 Å². The number of anilines is 1. The maximum atomic E-state index is 14.9. The van der Waals surface area contributed by atoms with Gasteiger partial charge in [0, 0.05) is 36.2 Å². The van der Waals surface area contributed by atoms with Crippen LogP contribution in [-0.2, 0) is 23.1 Å². The molecule has 3 aromatic heterocycles. The third kappa shape index (κ3) is 5.99. The number of nitro benzene ring substituents is 1. The third-order valence-corrected chi connectivity index (χ3v) is 9.56. The number of aromatic nitrogens is 3. The minimum Gasteiger partial charge on any atom is -0.305 e. The summed E-state index contributed by atoms with van der Waals surface area (Å²) in [5.41, 5.74) is -1.14. The number of nitrogens with zero attached hydrogens (tertiary/aromatic N) is 6. The molecule has 0 N–H and O–H groups in total. The number of hydrogen-bond donors (Lipinski definition) is 0. The monoisotopic (exact) mass is 656 g/mol. The number of hydrogen-bond acceptors (Lipinski definition) is 9. The number of benzene rings is 2. The Morgan fingerprint density at radius 3 is 2.16 bits per heavy atom. The Kier molecular flexibility index (Phi) is 8.39. The Morgan fingerprint density at radius 1 is 0.978 bits per heavy atom. The fourth-order valence-corrected chi connectivity index (χ4v) is 6.53. The number of rotatable bonds is 9. The van der Waals surface area contributed by atoms with Crippen LogP contribution >= 0.6 is 11.3 Å². The number of pyridine rings is 1. The van der Waals surface area contributed by atoms with Gasteiger partial charge >= 0.3 is 5.69 Å². The maximum absolute atomic E-state index is 14.9. The van der Waals surface area contributed by atoms with E-state index < -0.39 is 49.9 Å². The minimum absolute atomic E-state index is 0.000745. The molecule has 0 fully saturated rings. The minimum atomic E-state index is -3.65. The number of halogens is 2. The van der Waals surface area contributed by atoms with Crippen LogP contribution in [0.2, 0.25) is 0 Å². The molecule has 5 rings (SSSR count). The van der Waals surface area contributed by atoms with Crippen LogP contribution in [-0.4, -0.2) is 59.8 Å². The Morgan fingerprint density at radius 2 is 1.62 bits per heavy atom. The van der Waals surface area contributed by atoms with Crippen LogP contribution in [0.1, 0.15) is 11.1 Å². The van der Waals surface area contributed by atoms with Crippen molar-refractivity contribution in [1.82, 2.24) is 19.0 Å². The number of sulfonamides is 1. The van der Waals surface area contributed by atoms with E-state index in [1.165, 1.54) is 49.5 Å². The topological polar surface area (TPSA) is 141 Å². The molecule has 0 saturated heterocycles. The summed E-state index contributed by atoms with van der Waals surface area (Å²) >= 11 is 1.05. The van der Waals surface area contributed by atoms with Crippen molar-refractivity contribution in [2.24, 2.45) is 0 Å². The van der Waals surface area contributed by atoms with Gasteiger partial charge in [-0.2, -0.15) is 0 Å². The molecule has 0 spiro atoms. The van der Waals surface area contributed by atoms with Crippen LogP contribution in [0.5, 0.6) is 0 Å². The molecule has 0 atom stereocenters. The van der Waals surface area contributed by atoms with Gasteiger partial charge in [-0.25, -0.2) is 31.5 Å². The molecule has 16 heteroatoms. The van der Waals surface area contributed by atoms with Crippen molar-refractivity contribution in [2.75, 3.05) is 31.7 Å². The van der Waals surface area contributed by atoms with Gasteiger partial charge in [-0.1, -0.05) is 6.07 Å². The van der Waals surface area contributed by atoms with Crippen molar-refractivity contribution in [2.45, 2.75) is 13.1 Å². The van der Waals surface area contributed by atoms with Crippen molar-refractivity contribution in [1.29, 1.82) is 0 Å². The number of fused-ring (bicyclic) bond motifs is 1. The van der Waals surface area contributed by atoms with Gasteiger partial charge < -0.3 is 4.90 Å².